The molecule has 5 N–H and O–H groups in total. The molecule has 4 aliphatic rings. The SMILES string of the molecule is C[C@H]([C@@H](O)[C@H](O)[C@@H](C)[C@H]1CC[C@H]2[C@@H]3COC(=O)[C@H]4C[C@H](O)[C@H](O)C[C@]4(C)[C@H]3CC[C@]12C)[C@H](C)CO. The van der Waals surface area contributed by atoms with Crippen molar-refractivity contribution in [2.75, 3.05) is 13.2 Å². The van der Waals surface area contributed by atoms with E-state index in [1.807, 2.05) is 13.8 Å². The molecule has 1 saturated heterocycles. The first-order valence-corrected chi connectivity index (χ1v) is 13.9. The van der Waals surface area contributed by atoms with Crippen LogP contribution in [0.4, 0.5) is 0 Å². The average Bonchev–Trinajstić information content (AvgIpc) is 3.14. The smallest absolute Gasteiger partial charge is 0.309 e. The zero-order valence-electron chi connectivity index (χ0n) is 22.1. The average molecular weight is 497 g/mol. The number of esters is 1. The number of rotatable bonds is 6. The highest BCUT2D eigenvalue weighted by atomic mass is 16.5. The minimum atomic E-state index is -0.889. The quantitative estimate of drug-likeness (QED) is 0.357. The van der Waals surface area contributed by atoms with Crippen molar-refractivity contribution >= 4 is 5.97 Å². The molecule has 0 radical (unpaired) electrons. The topological polar surface area (TPSA) is 127 Å². The van der Waals surface area contributed by atoms with Crippen LogP contribution in [0.3, 0.4) is 0 Å². The van der Waals surface area contributed by atoms with Gasteiger partial charge in [-0.25, -0.2) is 0 Å². The molecule has 0 aromatic carbocycles. The molecular formula is C28H48O7. The lowest BCUT2D eigenvalue weighted by Gasteiger charge is -2.56. The highest BCUT2D eigenvalue weighted by Crippen LogP contribution is 2.66. The first-order chi connectivity index (χ1) is 16.4. The van der Waals surface area contributed by atoms with E-state index in [4.69, 9.17) is 4.74 Å². The van der Waals surface area contributed by atoms with Crippen LogP contribution < -0.4 is 0 Å². The number of carbonyl (C=O) groups is 1. The van der Waals surface area contributed by atoms with Crippen LogP contribution in [-0.2, 0) is 9.53 Å². The van der Waals surface area contributed by atoms with Gasteiger partial charge in [0.1, 0.15) is 0 Å². The number of aliphatic hydroxyl groups is 5. The molecule has 1 heterocycles. The lowest BCUT2D eigenvalue weighted by atomic mass is 9.48. The lowest BCUT2D eigenvalue weighted by molar-refractivity contribution is -0.162. The molecule has 0 amide bonds. The molecule has 7 nitrogen and oxygen atoms in total. The molecule has 0 bridgehead atoms. The molecule has 0 aromatic rings. The van der Waals surface area contributed by atoms with Gasteiger partial charge in [-0.15, -0.1) is 0 Å². The maximum atomic E-state index is 13.0. The Balaban J connectivity index is 1.56. The zero-order chi connectivity index (χ0) is 25.9. The number of aliphatic hydroxyl groups excluding tert-OH is 5. The lowest BCUT2D eigenvalue weighted by Crippen LogP contribution is -2.55. The first-order valence-electron chi connectivity index (χ1n) is 13.9. The summed E-state index contributed by atoms with van der Waals surface area (Å²) < 4.78 is 5.85. The molecule has 3 aliphatic carbocycles. The van der Waals surface area contributed by atoms with E-state index in [0.717, 1.165) is 25.7 Å². The molecule has 0 aromatic heterocycles. The number of hydrogen-bond acceptors (Lipinski definition) is 7. The highest BCUT2D eigenvalue weighted by Gasteiger charge is 2.63. The summed E-state index contributed by atoms with van der Waals surface area (Å²) >= 11 is 0. The summed E-state index contributed by atoms with van der Waals surface area (Å²) in [5.74, 6) is 0.0316. The maximum Gasteiger partial charge on any atom is 0.309 e. The summed E-state index contributed by atoms with van der Waals surface area (Å²) in [6.45, 7) is 10.7. The van der Waals surface area contributed by atoms with Crippen molar-refractivity contribution in [3.05, 3.63) is 0 Å². The van der Waals surface area contributed by atoms with Crippen LogP contribution in [-0.4, -0.2) is 69.1 Å². The first kappa shape index (κ1) is 27.3. The Kier molecular flexibility index (Phi) is 7.70. The second-order valence-electron chi connectivity index (χ2n) is 13.2. The number of hydrogen-bond donors (Lipinski definition) is 5. The Labute approximate surface area is 210 Å². The van der Waals surface area contributed by atoms with Crippen LogP contribution in [0.5, 0.6) is 0 Å². The van der Waals surface area contributed by atoms with Crippen molar-refractivity contribution < 1.29 is 35.1 Å². The van der Waals surface area contributed by atoms with Crippen molar-refractivity contribution in [2.45, 2.75) is 97.6 Å². The molecule has 3 saturated carbocycles. The van der Waals surface area contributed by atoms with Crippen molar-refractivity contribution in [1.82, 2.24) is 0 Å². The summed E-state index contributed by atoms with van der Waals surface area (Å²) in [5.41, 5.74) is -0.421. The summed E-state index contributed by atoms with van der Waals surface area (Å²) in [5, 5.41) is 52.4. The molecule has 7 heteroatoms. The number of carbonyl (C=O) groups excluding carboxylic acids is 1. The minimum absolute atomic E-state index is 0.0180. The van der Waals surface area contributed by atoms with Crippen LogP contribution in [0, 0.1) is 58.2 Å². The third-order valence-electron chi connectivity index (χ3n) is 11.7. The van der Waals surface area contributed by atoms with E-state index in [9.17, 15) is 30.3 Å². The molecule has 14 atom stereocenters. The van der Waals surface area contributed by atoms with Crippen LogP contribution in [0.2, 0.25) is 0 Å². The Hall–Kier alpha value is -0.730. The molecule has 4 rings (SSSR count). The van der Waals surface area contributed by atoms with Gasteiger partial charge in [0.2, 0.25) is 0 Å². The third-order valence-corrected chi connectivity index (χ3v) is 11.7. The molecule has 202 valence electrons. The summed E-state index contributed by atoms with van der Waals surface area (Å²) in [6, 6.07) is 0. The predicted molar refractivity (Wildman–Crippen MR) is 131 cm³/mol. The van der Waals surface area contributed by atoms with Gasteiger partial charge in [-0.2, -0.15) is 0 Å². The molecule has 1 aliphatic heterocycles. The standard InChI is InChI=1S/C28H48O7/c1-14(12-29)15(2)24(32)25(33)16(3)18-6-7-19-17-13-35-26(34)21-10-22(30)23(31)11-28(21,5)20(17)8-9-27(18,19)4/h14-25,29-33H,6-13H2,1-5H3/t14-,15+,16+,17+,18-,19+,20+,21-,22+,23-,24-,25-,27-,28-/m1/s1. The fraction of sp³-hybridized carbons (Fsp3) is 0.964. The van der Waals surface area contributed by atoms with E-state index in [1.54, 1.807) is 0 Å². The van der Waals surface area contributed by atoms with Crippen molar-refractivity contribution in [3.8, 4) is 0 Å². The van der Waals surface area contributed by atoms with Gasteiger partial charge >= 0.3 is 5.97 Å². The Morgan fingerprint density at radius 3 is 2.29 bits per heavy atom. The van der Waals surface area contributed by atoms with E-state index in [-0.39, 0.29) is 65.8 Å². The fourth-order valence-electron chi connectivity index (χ4n) is 9.06. The maximum absolute atomic E-state index is 13.0. The van der Waals surface area contributed by atoms with Crippen LogP contribution in [0.1, 0.15) is 73.1 Å². The van der Waals surface area contributed by atoms with Gasteiger partial charge < -0.3 is 30.3 Å². The second-order valence-corrected chi connectivity index (χ2v) is 13.2. The van der Waals surface area contributed by atoms with Gasteiger partial charge in [0.05, 0.1) is 36.9 Å². The molecule has 35 heavy (non-hydrogen) atoms. The van der Waals surface area contributed by atoms with Gasteiger partial charge in [-0.3, -0.25) is 4.79 Å². The van der Waals surface area contributed by atoms with Gasteiger partial charge in [-0.05, 0) is 90.8 Å². The van der Waals surface area contributed by atoms with E-state index in [0.29, 0.717) is 18.9 Å². The second kappa shape index (κ2) is 9.86. The van der Waals surface area contributed by atoms with Crippen LogP contribution in [0.25, 0.3) is 0 Å². The van der Waals surface area contributed by atoms with Crippen molar-refractivity contribution in [2.24, 2.45) is 58.2 Å². The molecule has 0 spiro atoms. The van der Waals surface area contributed by atoms with Gasteiger partial charge in [0.25, 0.3) is 0 Å². The number of ether oxygens (including phenoxy) is 1. The number of cyclic esters (lactones) is 1. The van der Waals surface area contributed by atoms with Crippen molar-refractivity contribution in [3.63, 3.8) is 0 Å². The van der Waals surface area contributed by atoms with Gasteiger partial charge in [0.15, 0.2) is 0 Å². The zero-order valence-corrected chi connectivity index (χ0v) is 22.1. The minimum Gasteiger partial charge on any atom is -0.465 e. The monoisotopic (exact) mass is 496 g/mol. The van der Waals surface area contributed by atoms with E-state index in [1.165, 1.54) is 0 Å². The molecular weight excluding hydrogens is 448 g/mol. The van der Waals surface area contributed by atoms with E-state index >= 15 is 0 Å². The van der Waals surface area contributed by atoms with Crippen LogP contribution >= 0.6 is 0 Å². The summed E-state index contributed by atoms with van der Waals surface area (Å²) in [7, 11) is 0. The Morgan fingerprint density at radius 2 is 1.63 bits per heavy atom. The predicted octanol–water partition coefficient (Wildman–Crippen LogP) is 2.36. The Morgan fingerprint density at radius 1 is 0.971 bits per heavy atom. The molecule has 4 fully saturated rings. The van der Waals surface area contributed by atoms with E-state index < -0.39 is 29.8 Å². The normalized spacial score (nSPS) is 47.8. The molecule has 0 unspecified atom stereocenters. The summed E-state index contributed by atoms with van der Waals surface area (Å²) in [6.07, 6.45) is 1.12. The van der Waals surface area contributed by atoms with Crippen molar-refractivity contribution in [1.29, 1.82) is 0 Å². The van der Waals surface area contributed by atoms with Crippen LogP contribution in [0.15, 0.2) is 0 Å². The fourth-order valence-corrected chi connectivity index (χ4v) is 9.06. The largest absolute Gasteiger partial charge is 0.465 e. The third kappa shape index (κ3) is 4.37. The van der Waals surface area contributed by atoms with E-state index in [2.05, 4.69) is 20.8 Å². The number of fused-ring (bicyclic) bond motifs is 5. The van der Waals surface area contributed by atoms with Gasteiger partial charge in [0, 0.05) is 6.61 Å². The van der Waals surface area contributed by atoms with Gasteiger partial charge in [-0.1, -0.05) is 34.6 Å². The highest BCUT2D eigenvalue weighted by molar-refractivity contribution is 5.74. The Bertz CT molecular complexity index is 774. The summed E-state index contributed by atoms with van der Waals surface area (Å²) in [4.78, 5) is 13.0.